The number of terminal acetylenes is 1. The first-order chi connectivity index (χ1) is 13.4. The number of halogens is 1. The number of likely N-dealkylation sites (tertiary alicyclic amines) is 1. The molecule has 5 heteroatoms. The normalized spacial score (nSPS) is 16.9. The number of hydrogen-bond donors (Lipinski definition) is 1. The zero-order valence-corrected chi connectivity index (χ0v) is 16.6. The maximum Gasteiger partial charge on any atom is 0.255 e. The lowest BCUT2D eigenvalue weighted by Crippen LogP contribution is -2.31. The highest BCUT2D eigenvalue weighted by Crippen LogP contribution is 2.21. The Morgan fingerprint density at radius 1 is 1.32 bits per heavy atom. The van der Waals surface area contributed by atoms with E-state index in [1.54, 1.807) is 24.3 Å². The van der Waals surface area contributed by atoms with Crippen LogP contribution in [0.15, 0.2) is 36.4 Å². The van der Waals surface area contributed by atoms with Crippen LogP contribution in [0.2, 0.25) is 0 Å². The zero-order valence-electron chi connectivity index (χ0n) is 16.6. The van der Waals surface area contributed by atoms with Gasteiger partial charge in [-0.1, -0.05) is 18.1 Å². The van der Waals surface area contributed by atoms with Crippen molar-refractivity contribution in [3.63, 3.8) is 0 Å². The molecule has 2 aromatic carbocycles. The van der Waals surface area contributed by atoms with Gasteiger partial charge in [-0.3, -0.25) is 9.69 Å². The third-order valence-corrected chi connectivity index (χ3v) is 5.34. The highest BCUT2D eigenvalue weighted by atomic mass is 19.1. The molecule has 0 aliphatic carbocycles. The van der Waals surface area contributed by atoms with Crippen molar-refractivity contribution in [3.8, 4) is 12.3 Å². The number of nitrogens with one attached hydrogen (secondary N) is 1. The Bertz CT molecular complexity index is 917. The van der Waals surface area contributed by atoms with E-state index in [0.29, 0.717) is 35.0 Å². The van der Waals surface area contributed by atoms with Gasteiger partial charge in [-0.15, -0.1) is 6.42 Å². The van der Waals surface area contributed by atoms with E-state index in [1.165, 1.54) is 6.07 Å². The molecular formula is C23H26FN3O. The molecule has 4 nitrogen and oxygen atoms in total. The molecule has 0 spiro atoms. The van der Waals surface area contributed by atoms with Crippen LogP contribution < -0.4 is 5.32 Å². The predicted molar refractivity (Wildman–Crippen MR) is 111 cm³/mol. The Hall–Kier alpha value is -2.68. The van der Waals surface area contributed by atoms with E-state index < -0.39 is 0 Å². The largest absolute Gasteiger partial charge is 0.322 e. The van der Waals surface area contributed by atoms with Gasteiger partial charge in [-0.2, -0.15) is 0 Å². The number of amides is 1. The van der Waals surface area contributed by atoms with Gasteiger partial charge >= 0.3 is 0 Å². The standard InChI is InChI=1S/C23H26FN3O/c1-5-17-12-18(7-6-16(17)2)23(28)25-20-9-8-19(22(24)13-20)14-27-11-10-21(15-27)26(3)4/h1,6-9,12-13,21H,10-11,14-15H2,2-4H3,(H,25,28)/t21-/m1/s1. The van der Waals surface area contributed by atoms with Gasteiger partial charge < -0.3 is 10.2 Å². The van der Waals surface area contributed by atoms with Crippen LogP contribution in [0.5, 0.6) is 0 Å². The van der Waals surface area contributed by atoms with Crippen molar-refractivity contribution >= 4 is 11.6 Å². The molecule has 3 rings (SSSR count). The summed E-state index contributed by atoms with van der Waals surface area (Å²) in [5, 5.41) is 2.74. The predicted octanol–water partition coefficient (Wildman–Crippen LogP) is 3.50. The van der Waals surface area contributed by atoms with Crippen LogP contribution in [0.25, 0.3) is 0 Å². The van der Waals surface area contributed by atoms with Gasteiger partial charge in [0.25, 0.3) is 5.91 Å². The van der Waals surface area contributed by atoms with E-state index >= 15 is 0 Å². The van der Waals surface area contributed by atoms with Crippen LogP contribution in [0.3, 0.4) is 0 Å². The second-order valence-electron chi connectivity index (χ2n) is 7.58. The molecule has 1 fully saturated rings. The Labute approximate surface area is 166 Å². The van der Waals surface area contributed by atoms with Gasteiger partial charge in [0.05, 0.1) is 0 Å². The van der Waals surface area contributed by atoms with Crippen molar-refractivity contribution in [3.05, 3.63) is 64.5 Å². The molecule has 0 radical (unpaired) electrons. The van der Waals surface area contributed by atoms with Gasteiger partial charge in [0.2, 0.25) is 0 Å². The molecule has 28 heavy (non-hydrogen) atoms. The van der Waals surface area contributed by atoms with Crippen LogP contribution in [0.1, 0.15) is 33.5 Å². The summed E-state index contributed by atoms with van der Waals surface area (Å²) in [6.45, 7) is 4.38. The number of nitrogens with zero attached hydrogens (tertiary/aromatic N) is 2. The average Bonchev–Trinajstić information content (AvgIpc) is 3.13. The number of likely N-dealkylation sites (N-methyl/N-ethyl adjacent to an activating group) is 1. The maximum atomic E-state index is 14.6. The average molecular weight is 379 g/mol. The van der Waals surface area contributed by atoms with Crippen LogP contribution in [-0.2, 0) is 6.54 Å². The summed E-state index contributed by atoms with van der Waals surface area (Å²) in [5.41, 5.74) is 3.14. The number of aryl methyl sites for hydroxylation is 1. The molecule has 0 bridgehead atoms. The van der Waals surface area contributed by atoms with Crippen molar-refractivity contribution in [2.75, 3.05) is 32.5 Å². The fraction of sp³-hybridized carbons (Fsp3) is 0.348. The van der Waals surface area contributed by atoms with Crippen LogP contribution in [0.4, 0.5) is 10.1 Å². The quantitative estimate of drug-likeness (QED) is 0.808. The number of hydrogen-bond acceptors (Lipinski definition) is 3. The molecule has 0 saturated carbocycles. The second kappa shape index (κ2) is 8.55. The Morgan fingerprint density at radius 2 is 2.11 bits per heavy atom. The Morgan fingerprint density at radius 3 is 2.75 bits per heavy atom. The molecular weight excluding hydrogens is 353 g/mol. The first-order valence-electron chi connectivity index (χ1n) is 9.43. The second-order valence-corrected chi connectivity index (χ2v) is 7.58. The summed E-state index contributed by atoms with van der Waals surface area (Å²) in [6, 6.07) is 10.6. The van der Waals surface area contributed by atoms with E-state index in [1.807, 2.05) is 13.0 Å². The van der Waals surface area contributed by atoms with Gasteiger partial charge in [-0.25, -0.2) is 4.39 Å². The Kier molecular flexibility index (Phi) is 6.13. The molecule has 0 unspecified atom stereocenters. The third-order valence-electron chi connectivity index (χ3n) is 5.34. The highest BCUT2D eigenvalue weighted by Gasteiger charge is 2.24. The van der Waals surface area contributed by atoms with Crippen molar-refractivity contribution in [1.29, 1.82) is 0 Å². The number of carbonyl (C=O) groups excluding carboxylic acids is 1. The summed E-state index contributed by atoms with van der Waals surface area (Å²) in [4.78, 5) is 16.9. The summed E-state index contributed by atoms with van der Waals surface area (Å²) in [7, 11) is 4.15. The topological polar surface area (TPSA) is 35.6 Å². The smallest absolute Gasteiger partial charge is 0.255 e. The van der Waals surface area contributed by atoms with Crippen molar-refractivity contribution in [2.24, 2.45) is 0 Å². The Balaban J connectivity index is 1.66. The molecule has 1 N–H and O–H groups in total. The zero-order chi connectivity index (χ0) is 20.3. The molecule has 1 aliphatic rings. The van der Waals surface area contributed by atoms with Crippen LogP contribution >= 0.6 is 0 Å². The molecule has 1 aliphatic heterocycles. The summed E-state index contributed by atoms with van der Waals surface area (Å²) >= 11 is 0. The lowest BCUT2D eigenvalue weighted by molar-refractivity contribution is 0.102. The number of carbonyl (C=O) groups is 1. The van der Waals surface area contributed by atoms with E-state index in [2.05, 4.69) is 35.1 Å². The fourth-order valence-corrected chi connectivity index (χ4v) is 3.49. The van der Waals surface area contributed by atoms with E-state index in [4.69, 9.17) is 6.42 Å². The minimum Gasteiger partial charge on any atom is -0.322 e. The monoisotopic (exact) mass is 379 g/mol. The molecule has 0 aromatic heterocycles. The van der Waals surface area contributed by atoms with Crippen molar-refractivity contribution in [2.45, 2.75) is 25.9 Å². The highest BCUT2D eigenvalue weighted by molar-refractivity contribution is 6.04. The number of anilines is 1. The van der Waals surface area contributed by atoms with Gasteiger partial charge in [0.15, 0.2) is 0 Å². The summed E-state index contributed by atoms with van der Waals surface area (Å²) in [5.74, 6) is 1.95. The number of rotatable bonds is 5. The van der Waals surface area contributed by atoms with Gasteiger partial charge in [0, 0.05) is 48.1 Å². The van der Waals surface area contributed by atoms with E-state index in [-0.39, 0.29) is 11.7 Å². The first-order valence-corrected chi connectivity index (χ1v) is 9.43. The van der Waals surface area contributed by atoms with Crippen LogP contribution in [-0.4, -0.2) is 48.9 Å². The first kappa shape index (κ1) is 20.1. The SMILES string of the molecule is C#Cc1cc(C(=O)Nc2ccc(CN3CC[C@@H](N(C)C)C3)c(F)c2)ccc1C. The van der Waals surface area contributed by atoms with E-state index in [9.17, 15) is 9.18 Å². The maximum absolute atomic E-state index is 14.6. The molecule has 2 aromatic rings. The van der Waals surface area contributed by atoms with Crippen molar-refractivity contribution < 1.29 is 9.18 Å². The molecule has 1 amide bonds. The molecule has 146 valence electrons. The lowest BCUT2D eigenvalue weighted by Gasteiger charge is -2.20. The molecule has 1 atom stereocenters. The third kappa shape index (κ3) is 4.59. The summed E-state index contributed by atoms with van der Waals surface area (Å²) < 4.78 is 14.6. The van der Waals surface area contributed by atoms with Gasteiger partial charge in [-0.05, 0) is 57.3 Å². The fourth-order valence-electron chi connectivity index (χ4n) is 3.49. The molecule has 1 saturated heterocycles. The summed E-state index contributed by atoms with van der Waals surface area (Å²) in [6.07, 6.45) is 6.56. The van der Waals surface area contributed by atoms with E-state index in [0.717, 1.165) is 25.1 Å². The number of benzene rings is 2. The van der Waals surface area contributed by atoms with Crippen molar-refractivity contribution in [1.82, 2.24) is 9.80 Å². The lowest BCUT2D eigenvalue weighted by atomic mass is 10.0. The minimum absolute atomic E-state index is 0.306. The van der Waals surface area contributed by atoms with Gasteiger partial charge in [0.1, 0.15) is 5.82 Å². The molecule has 1 heterocycles. The van der Waals surface area contributed by atoms with Crippen LogP contribution in [0, 0.1) is 25.1 Å². The minimum atomic E-state index is -0.308.